The first-order valence-corrected chi connectivity index (χ1v) is 10.1. The molecule has 0 aliphatic carbocycles. The van der Waals surface area contributed by atoms with Crippen LogP contribution in [0, 0.1) is 13.8 Å². The number of nitrogens with zero attached hydrogens (tertiary/aromatic N) is 2. The van der Waals surface area contributed by atoms with Crippen LogP contribution in [0.4, 0.5) is 11.4 Å². The number of hydrogen-bond acceptors (Lipinski definition) is 4. The highest BCUT2D eigenvalue weighted by molar-refractivity contribution is 8.19. The average molecular weight is 401 g/mol. The molecule has 29 heavy (non-hydrogen) atoms. The summed E-state index contributed by atoms with van der Waals surface area (Å²) in [7, 11) is 0. The SMILES string of the molecule is Cc1cccc(N=C2SC(=Cc3ccc(O)cc3)C(=O)N2c2cccc(C)c2)c1. The highest BCUT2D eigenvalue weighted by Crippen LogP contribution is 2.37. The molecule has 0 aromatic heterocycles. The number of carbonyl (C=O) groups is 1. The predicted molar refractivity (Wildman–Crippen MR) is 121 cm³/mol. The van der Waals surface area contributed by atoms with Gasteiger partial charge in [-0.05, 0) is 84.8 Å². The van der Waals surface area contributed by atoms with Crippen LogP contribution in [-0.2, 0) is 4.79 Å². The second-order valence-corrected chi connectivity index (χ2v) is 7.92. The van der Waals surface area contributed by atoms with Crippen molar-refractivity contribution in [2.75, 3.05) is 4.90 Å². The molecular formula is C24H20N2O2S. The van der Waals surface area contributed by atoms with Crippen molar-refractivity contribution in [1.29, 1.82) is 0 Å². The number of anilines is 1. The molecule has 1 amide bonds. The molecule has 1 N–H and O–H groups in total. The predicted octanol–water partition coefficient (Wildman–Crippen LogP) is 5.82. The zero-order valence-electron chi connectivity index (χ0n) is 16.2. The van der Waals surface area contributed by atoms with Crippen LogP contribution >= 0.6 is 11.8 Å². The van der Waals surface area contributed by atoms with Crippen molar-refractivity contribution in [1.82, 2.24) is 0 Å². The first-order chi connectivity index (χ1) is 14.0. The minimum absolute atomic E-state index is 0.111. The fourth-order valence-electron chi connectivity index (χ4n) is 3.07. The van der Waals surface area contributed by atoms with Gasteiger partial charge in [0, 0.05) is 0 Å². The normalized spacial score (nSPS) is 16.8. The van der Waals surface area contributed by atoms with E-state index in [2.05, 4.69) is 0 Å². The smallest absolute Gasteiger partial charge is 0.271 e. The molecule has 1 aliphatic heterocycles. The average Bonchev–Trinajstić information content (AvgIpc) is 2.98. The lowest BCUT2D eigenvalue weighted by molar-refractivity contribution is -0.113. The molecular weight excluding hydrogens is 380 g/mol. The number of aromatic hydroxyl groups is 1. The molecule has 4 rings (SSSR count). The molecule has 144 valence electrons. The van der Waals surface area contributed by atoms with Crippen LogP contribution in [0.15, 0.2) is 82.7 Å². The van der Waals surface area contributed by atoms with Crippen LogP contribution in [-0.4, -0.2) is 16.2 Å². The highest BCUT2D eigenvalue weighted by Gasteiger charge is 2.34. The maximum absolute atomic E-state index is 13.3. The van der Waals surface area contributed by atoms with E-state index in [0.29, 0.717) is 10.1 Å². The van der Waals surface area contributed by atoms with Gasteiger partial charge in [0.25, 0.3) is 5.91 Å². The molecule has 0 unspecified atom stereocenters. The molecule has 0 spiro atoms. The second-order valence-electron chi connectivity index (χ2n) is 6.92. The Bertz CT molecular complexity index is 1130. The van der Waals surface area contributed by atoms with Gasteiger partial charge in [0.15, 0.2) is 5.17 Å². The lowest BCUT2D eigenvalue weighted by Gasteiger charge is -2.16. The van der Waals surface area contributed by atoms with E-state index in [4.69, 9.17) is 4.99 Å². The summed E-state index contributed by atoms with van der Waals surface area (Å²) in [5.41, 5.74) is 4.64. The molecule has 1 heterocycles. The number of benzene rings is 3. The summed E-state index contributed by atoms with van der Waals surface area (Å²) in [6.07, 6.45) is 1.83. The van der Waals surface area contributed by atoms with Crippen LogP contribution in [0.2, 0.25) is 0 Å². The summed E-state index contributed by atoms with van der Waals surface area (Å²) in [5, 5.41) is 10.1. The molecule has 1 aliphatic rings. The minimum atomic E-state index is -0.111. The van der Waals surface area contributed by atoms with Gasteiger partial charge in [0.2, 0.25) is 0 Å². The number of amides is 1. The van der Waals surface area contributed by atoms with E-state index in [0.717, 1.165) is 28.1 Å². The number of aliphatic imine (C=N–C) groups is 1. The van der Waals surface area contributed by atoms with Crippen LogP contribution < -0.4 is 4.90 Å². The van der Waals surface area contributed by atoms with Gasteiger partial charge in [-0.1, -0.05) is 36.4 Å². The standard InChI is InChI=1S/C24H20N2O2S/c1-16-5-3-7-19(13-16)25-24-26(20-8-4-6-17(2)14-20)23(28)22(29-24)15-18-9-11-21(27)12-10-18/h3-15,27H,1-2H3. The van der Waals surface area contributed by atoms with Crippen LogP contribution in [0.25, 0.3) is 6.08 Å². The number of phenolic OH excluding ortho intramolecular Hbond substituents is 1. The van der Waals surface area contributed by atoms with Gasteiger partial charge in [-0.25, -0.2) is 4.99 Å². The minimum Gasteiger partial charge on any atom is -0.508 e. The number of hydrogen-bond donors (Lipinski definition) is 1. The van der Waals surface area contributed by atoms with Gasteiger partial charge < -0.3 is 5.11 Å². The summed E-state index contributed by atoms with van der Waals surface area (Å²) in [6, 6.07) is 22.5. The van der Waals surface area contributed by atoms with Crippen LogP contribution in [0.5, 0.6) is 5.75 Å². The fraction of sp³-hybridized carbons (Fsp3) is 0.0833. The Labute approximate surface area is 174 Å². The molecule has 0 bridgehead atoms. The number of rotatable bonds is 3. The van der Waals surface area contributed by atoms with E-state index in [1.165, 1.54) is 11.8 Å². The Morgan fingerprint density at radius 1 is 0.931 bits per heavy atom. The Morgan fingerprint density at radius 2 is 1.62 bits per heavy atom. The second kappa shape index (κ2) is 7.97. The van der Waals surface area contributed by atoms with Crippen molar-refractivity contribution in [3.05, 3.63) is 94.4 Å². The zero-order chi connectivity index (χ0) is 20.4. The van der Waals surface area contributed by atoms with Crippen molar-refractivity contribution >= 4 is 40.3 Å². The van der Waals surface area contributed by atoms with Gasteiger partial charge in [-0.15, -0.1) is 0 Å². The first-order valence-electron chi connectivity index (χ1n) is 9.25. The topological polar surface area (TPSA) is 52.9 Å². The largest absolute Gasteiger partial charge is 0.508 e. The van der Waals surface area contributed by atoms with E-state index in [1.54, 1.807) is 29.2 Å². The number of amidine groups is 1. The van der Waals surface area contributed by atoms with Gasteiger partial charge in [0.05, 0.1) is 16.3 Å². The fourth-order valence-corrected chi connectivity index (χ4v) is 4.07. The van der Waals surface area contributed by atoms with E-state index < -0.39 is 0 Å². The summed E-state index contributed by atoms with van der Waals surface area (Å²) in [5.74, 6) is 0.0840. The van der Waals surface area contributed by atoms with Gasteiger partial charge >= 0.3 is 0 Å². The van der Waals surface area contributed by atoms with E-state index in [1.807, 2.05) is 68.5 Å². The van der Waals surface area contributed by atoms with E-state index >= 15 is 0 Å². The van der Waals surface area contributed by atoms with Gasteiger partial charge in [-0.3, -0.25) is 9.69 Å². The lowest BCUT2D eigenvalue weighted by atomic mass is 10.2. The summed E-state index contributed by atoms with van der Waals surface area (Å²) in [6.45, 7) is 4.02. The maximum Gasteiger partial charge on any atom is 0.271 e. The third-order valence-electron chi connectivity index (χ3n) is 4.48. The maximum atomic E-state index is 13.3. The Balaban J connectivity index is 1.78. The van der Waals surface area contributed by atoms with Crippen molar-refractivity contribution in [2.24, 2.45) is 4.99 Å². The number of aryl methyl sites for hydroxylation is 2. The molecule has 3 aromatic rings. The summed E-state index contributed by atoms with van der Waals surface area (Å²) < 4.78 is 0. The summed E-state index contributed by atoms with van der Waals surface area (Å²) >= 11 is 1.35. The van der Waals surface area contributed by atoms with Crippen LogP contribution in [0.1, 0.15) is 16.7 Å². The van der Waals surface area contributed by atoms with Gasteiger partial charge in [0.1, 0.15) is 5.75 Å². The van der Waals surface area contributed by atoms with Gasteiger partial charge in [-0.2, -0.15) is 0 Å². The Morgan fingerprint density at radius 3 is 2.31 bits per heavy atom. The molecule has 1 saturated heterocycles. The highest BCUT2D eigenvalue weighted by atomic mass is 32.2. The molecule has 0 saturated carbocycles. The lowest BCUT2D eigenvalue weighted by Crippen LogP contribution is -2.28. The quantitative estimate of drug-likeness (QED) is 0.564. The van der Waals surface area contributed by atoms with Crippen molar-refractivity contribution in [3.8, 4) is 5.75 Å². The summed E-state index contributed by atoms with van der Waals surface area (Å²) in [4.78, 5) is 20.3. The number of carbonyl (C=O) groups excluding carboxylic acids is 1. The number of thioether (sulfide) groups is 1. The third-order valence-corrected chi connectivity index (χ3v) is 5.45. The van der Waals surface area contributed by atoms with Crippen molar-refractivity contribution < 1.29 is 9.90 Å². The monoisotopic (exact) mass is 400 g/mol. The van der Waals surface area contributed by atoms with Crippen molar-refractivity contribution in [3.63, 3.8) is 0 Å². The molecule has 5 heteroatoms. The molecule has 0 radical (unpaired) electrons. The first kappa shape index (κ1) is 19.0. The Kier molecular flexibility index (Phi) is 5.23. The Hall–Kier alpha value is -3.31. The number of phenols is 1. The molecule has 3 aromatic carbocycles. The van der Waals surface area contributed by atoms with E-state index in [-0.39, 0.29) is 11.7 Å². The zero-order valence-corrected chi connectivity index (χ0v) is 17.0. The van der Waals surface area contributed by atoms with Crippen molar-refractivity contribution in [2.45, 2.75) is 13.8 Å². The molecule has 0 atom stereocenters. The molecule has 4 nitrogen and oxygen atoms in total. The third kappa shape index (κ3) is 4.25. The van der Waals surface area contributed by atoms with E-state index in [9.17, 15) is 9.90 Å². The molecule has 1 fully saturated rings. The van der Waals surface area contributed by atoms with Crippen LogP contribution in [0.3, 0.4) is 0 Å².